The van der Waals surface area contributed by atoms with Crippen LogP contribution in [0.5, 0.6) is 5.75 Å². The van der Waals surface area contributed by atoms with Crippen molar-refractivity contribution < 1.29 is 9.94 Å². The molecular weight excluding hydrogens is 254 g/mol. The number of ether oxygens (including phenoxy) is 1. The largest absolute Gasteiger partial charge is 0.496 e. The number of nitrogens with two attached hydrogens (primary N) is 1. The SMILES string of the molecule is COc1ccc(/C(N)=N/O)cc1CNc1ccccc1. The summed E-state index contributed by atoms with van der Waals surface area (Å²) in [5, 5.41) is 15.0. The summed E-state index contributed by atoms with van der Waals surface area (Å²) in [5.74, 6) is 0.830. The van der Waals surface area contributed by atoms with Crippen molar-refractivity contribution in [1.82, 2.24) is 0 Å². The summed E-state index contributed by atoms with van der Waals surface area (Å²) in [4.78, 5) is 0. The average Bonchev–Trinajstić information content (AvgIpc) is 2.52. The van der Waals surface area contributed by atoms with E-state index < -0.39 is 0 Å². The Labute approximate surface area is 117 Å². The zero-order chi connectivity index (χ0) is 14.4. The third-order valence-corrected chi connectivity index (χ3v) is 2.94. The zero-order valence-electron chi connectivity index (χ0n) is 11.2. The van der Waals surface area contributed by atoms with Gasteiger partial charge in [0.15, 0.2) is 5.84 Å². The Morgan fingerprint density at radius 1 is 1.25 bits per heavy atom. The summed E-state index contributed by atoms with van der Waals surface area (Å²) in [5.41, 5.74) is 8.20. The molecular formula is C15H17N3O2. The van der Waals surface area contributed by atoms with Gasteiger partial charge in [-0.15, -0.1) is 0 Å². The van der Waals surface area contributed by atoms with Gasteiger partial charge in [0.2, 0.25) is 0 Å². The second-order valence-corrected chi connectivity index (χ2v) is 4.23. The lowest BCUT2D eigenvalue weighted by Gasteiger charge is -2.12. The normalized spacial score (nSPS) is 11.2. The van der Waals surface area contributed by atoms with Gasteiger partial charge >= 0.3 is 0 Å². The Hall–Kier alpha value is -2.69. The number of amidine groups is 1. The predicted molar refractivity (Wildman–Crippen MR) is 79.3 cm³/mol. The maximum atomic E-state index is 8.73. The number of methoxy groups -OCH3 is 1. The molecule has 2 aromatic rings. The molecule has 0 aromatic heterocycles. The lowest BCUT2D eigenvalue weighted by Crippen LogP contribution is -2.14. The number of hydrogen-bond donors (Lipinski definition) is 3. The van der Waals surface area contributed by atoms with Gasteiger partial charge in [-0.05, 0) is 30.3 Å². The molecule has 0 atom stereocenters. The molecule has 0 spiro atoms. The molecule has 4 N–H and O–H groups in total. The third-order valence-electron chi connectivity index (χ3n) is 2.94. The molecule has 5 nitrogen and oxygen atoms in total. The number of nitrogens with one attached hydrogen (secondary N) is 1. The average molecular weight is 271 g/mol. The van der Waals surface area contributed by atoms with Crippen LogP contribution in [0, 0.1) is 0 Å². The first-order chi connectivity index (χ1) is 9.74. The zero-order valence-corrected chi connectivity index (χ0v) is 11.2. The molecule has 20 heavy (non-hydrogen) atoms. The standard InChI is InChI=1S/C15H17N3O2/c1-20-14-8-7-11(15(16)18-19)9-12(14)10-17-13-5-3-2-4-6-13/h2-9,17,19H,10H2,1H3,(H2,16,18). The van der Waals surface area contributed by atoms with Crippen LogP contribution in [0.1, 0.15) is 11.1 Å². The Morgan fingerprint density at radius 3 is 2.65 bits per heavy atom. The van der Waals surface area contributed by atoms with Crippen LogP contribution in [0.2, 0.25) is 0 Å². The Morgan fingerprint density at radius 2 is 2.00 bits per heavy atom. The van der Waals surface area contributed by atoms with E-state index in [1.165, 1.54) is 0 Å². The summed E-state index contributed by atoms with van der Waals surface area (Å²) in [6.07, 6.45) is 0. The molecule has 0 unspecified atom stereocenters. The Balaban J connectivity index is 2.20. The van der Waals surface area contributed by atoms with Gasteiger partial charge in [-0.1, -0.05) is 23.4 Å². The highest BCUT2D eigenvalue weighted by molar-refractivity contribution is 5.97. The van der Waals surface area contributed by atoms with Crippen molar-refractivity contribution in [2.75, 3.05) is 12.4 Å². The molecule has 0 aliphatic carbocycles. The molecule has 0 amide bonds. The van der Waals surface area contributed by atoms with Gasteiger partial charge in [0.05, 0.1) is 7.11 Å². The van der Waals surface area contributed by atoms with E-state index in [0.29, 0.717) is 12.1 Å². The molecule has 0 saturated carbocycles. The van der Waals surface area contributed by atoms with Crippen molar-refractivity contribution in [3.05, 3.63) is 59.7 Å². The van der Waals surface area contributed by atoms with E-state index in [0.717, 1.165) is 17.0 Å². The first-order valence-electron chi connectivity index (χ1n) is 6.18. The molecule has 0 aliphatic heterocycles. The van der Waals surface area contributed by atoms with Crippen molar-refractivity contribution in [3.63, 3.8) is 0 Å². The van der Waals surface area contributed by atoms with Crippen LogP contribution >= 0.6 is 0 Å². The van der Waals surface area contributed by atoms with Crippen LogP contribution in [0.25, 0.3) is 0 Å². The number of hydrogen-bond acceptors (Lipinski definition) is 4. The maximum Gasteiger partial charge on any atom is 0.170 e. The fourth-order valence-electron chi connectivity index (χ4n) is 1.89. The van der Waals surface area contributed by atoms with Crippen LogP contribution in [-0.4, -0.2) is 18.2 Å². The minimum absolute atomic E-state index is 0.0774. The lowest BCUT2D eigenvalue weighted by atomic mass is 10.1. The number of rotatable bonds is 5. The summed E-state index contributed by atoms with van der Waals surface area (Å²) in [6.45, 7) is 0.583. The van der Waals surface area contributed by atoms with Gasteiger partial charge in [0.1, 0.15) is 5.75 Å². The van der Waals surface area contributed by atoms with Crippen LogP contribution in [0.15, 0.2) is 53.7 Å². The summed E-state index contributed by atoms with van der Waals surface area (Å²) in [6, 6.07) is 15.3. The van der Waals surface area contributed by atoms with Crippen molar-refractivity contribution in [3.8, 4) is 5.75 Å². The van der Waals surface area contributed by atoms with Crippen molar-refractivity contribution in [2.45, 2.75) is 6.54 Å². The van der Waals surface area contributed by atoms with E-state index >= 15 is 0 Å². The maximum absolute atomic E-state index is 8.73. The molecule has 0 bridgehead atoms. The topological polar surface area (TPSA) is 79.9 Å². The van der Waals surface area contributed by atoms with Crippen LogP contribution in [0.4, 0.5) is 5.69 Å². The molecule has 104 valence electrons. The molecule has 2 aromatic carbocycles. The van der Waals surface area contributed by atoms with Crippen molar-refractivity contribution in [1.29, 1.82) is 0 Å². The van der Waals surface area contributed by atoms with Gasteiger partial charge < -0.3 is 21.0 Å². The minimum atomic E-state index is 0.0774. The summed E-state index contributed by atoms with van der Waals surface area (Å²) in [7, 11) is 1.62. The number of nitrogens with zero attached hydrogens (tertiary/aromatic N) is 1. The second-order valence-electron chi connectivity index (χ2n) is 4.23. The van der Waals surface area contributed by atoms with E-state index in [9.17, 15) is 0 Å². The monoisotopic (exact) mass is 271 g/mol. The Bertz CT molecular complexity index is 597. The van der Waals surface area contributed by atoms with Gasteiger partial charge in [-0.25, -0.2) is 0 Å². The fraction of sp³-hybridized carbons (Fsp3) is 0.133. The first-order valence-corrected chi connectivity index (χ1v) is 6.18. The third kappa shape index (κ3) is 3.20. The van der Waals surface area contributed by atoms with Gasteiger partial charge in [0.25, 0.3) is 0 Å². The predicted octanol–water partition coefficient (Wildman–Crippen LogP) is 2.40. The van der Waals surface area contributed by atoms with Crippen LogP contribution in [0.3, 0.4) is 0 Å². The molecule has 0 heterocycles. The summed E-state index contributed by atoms with van der Waals surface area (Å²) >= 11 is 0. The molecule has 2 rings (SSSR count). The summed E-state index contributed by atoms with van der Waals surface area (Å²) < 4.78 is 5.32. The molecule has 0 fully saturated rings. The van der Waals surface area contributed by atoms with Gasteiger partial charge in [0, 0.05) is 23.4 Å². The quantitative estimate of drug-likeness (QED) is 0.337. The highest BCUT2D eigenvalue weighted by atomic mass is 16.5. The number of oxime groups is 1. The molecule has 0 saturated heterocycles. The number of benzene rings is 2. The number of anilines is 1. The lowest BCUT2D eigenvalue weighted by molar-refractivity contribution is 0.318. The second kappa shape index (κ2) is 6.47. The molecule has 0 radical (unpaired) electrons. The highest BCUT2D eigenvalue weighted by Crippen LogP contribution is 2.21. The highest BCUT2D eigenvalue weighted by Gasteiger charge is 2.07. The van der Waals surface area contributed by atoms with E-state index in [-0.39, 0.29) is 5.84 Å². The van der Waals surface area contributed by atoms with Gasteiger partial charge in [-0.2, -0.15) is 0 Å². The van der Waals surface area contributed by atoms with Crippen molar-refractivity contribution >= 4 is 11.5 Å². The van der Waals surface area contributed by atoms with Crippen molar-refractivity contribution in [2.24, 2.45) is 10.9 Å². The smallest absolute Gasteiger partial charge is 0.170 e. The van der Waals surface area contributed by atoms with Gasteiger partial charge in [-0.3, -0.25) is 0 Å². The number of para-hydroxylation sites is 1. The van der Waals surface area contributed by atoms with E-state index in [1.807, 2.05) is 36.4 Å². The van der Waals surface area contributed by atoms with E-state index in [2.05, 4.69) is 10.5 Å². The van der Waals surface area contributed by atoms with Crippen LogP contribution in [-0.2, 0) is 6.54 Å². The minimum Gasteiger partial charge on any atom is -0.496 e. The molecule has 5 heteroatoms. The fourth-order valence-corrected chi connectivity index (χ4v) is 1.89. The Kier molecular flexibility index (Phi) is 4.44. The first kappa shape index (κ1) is 13.7. The van der Waals surface area contributed by atoms with E-state index in [4.69, 9.17) is 15.7 Å². The van der Waals surface area contributed by atoms with Crippen LogP contribution < -0.4 is 15.8 Å². The van der Waals surface area contributed by atoms with E-state index in [1.54, 1.807) is 19.2 Å². The molecule has 0 aliphatic rings.